The molecule has 7 heteroatoms. The molecule has 4 aliphatic rings. The van der Waals surface area contributed by atoms with Crippen molar-refractivity contribution < 1.29 is 14.6 Å². The fraction of sp³-hybridized carbons (Fsp3) is 0.581. The van der Waals surface area contributed by atoms with E-state index >= 15 is 0 Å². The van der Waals surface area contributed by atoms with E-state index in [4.69, 9.17) is 4.74 Å². The molecule has 3 heterocycles. The molecule has 7 nitrogen and oxygen atoms in total. The SMILES string of the molecule is CN1CCN(C[C@H](O)CN2CCc3ccccc3C2)C(=O)c2ccc(OC3CCN(C4CCC4)CC3)cc21. The minimum Gasteiger partial charge on any atom is -0.490 e. The number of nitrogens with zero attached hydrogens (tertiary/aromatic N) is 4. The summed E-state index contributed by atoms with van der Waals surface area (Å²) in [5.41, 5.74) is 4.36. The Kier molecular flexibility index (Phi) is 7.59. The first-order valence-electron chi connectivity index (χ1n) is 14.6. The second-order valence-corrected chi connectivity index (χ2v) is 11.7. The lowest BCUT2D eigenvalue weighted by Gasteiger charge is -2.41. The van der Waals surface area contributed by atoms with Crippen LogP contribution in [0.1, 0.15) is 53.6 Å². The lowest BCUT2D eigenvalue weighted by molar-refractivity contribution is 0.0493. The van der Waals surface area contributed by atoms with E-state index in [1.165, 1.54) is 30.4 Å². The van der Waals surface area contributed by atoms with Gasteiger partial charge in [-0.05, 0) is 55.4 Å². The number of aliphatic hydroxyl groups is 1. The van der Waals surface area contributed by atoms with Gasteiger partial charge in [-0.15, -0.1) is 0 Å². The number of ether oxygens (including phenoxy) is 1. The number of hydrogen-bond acceptors (Lipinski definition) is 6. The molecule has 1 aliphatic carbocycles. The van der Waals surface area contributed by atoms with Crippen molar-refractivity contribution in [2.75, 3.05) is 57.8 Å². The molecule has 0 unspecified atom stereocenters. The summed E-state index contributed by atoms with van der Waals surface area (Å²) in [6.07, 6.45) is 6.90. The zero-order valence-electron chi connectivity index (χ0n) is 22.7. The summed E-state index contributed by atoms with van der Waals surface area (Å²) in [6, 6.07) is 15.3. The van der Waals surface area contributed by atoms with Crippen LogP contribution in [0.15, 0.2) is 42.5 Å². The topological polar surface area (TPSA) is 59.5 Å². The van der Waals surface area contributed by atoms with Gasteiger partial charge in [0.2, 0.25) is 0 Å². The number of anilines is 1. The van der Waals surface area contributed by atoms with Gasteiger partial charge in [-0.1, -0.05) is 30.7 Å². The second kappa shape index (κ2) is 11.2. The fourth-order valence-electron chi connectivity index (χ4n) is 6.54. The first kappa shape index (κ1) is 25.7. The van der Waals surface area contributed by atoms with Crippen LogP contribution in [0.2, 0.25) is 0 Å². The highest BCUT2D eigenvalue weighted by molar-refractivity contribution is 6.00. The number of aliphatic hydroxyl groups excluding tert-OH is 1. The normalized spacial score (nSPS) is 22.4. The number of fused-ring (bicyclic) bond motifs is 2. The molecule has 2 fully saturated rings. The Morgan fingerprint density at radius 3 is 2.50 bits per heavy atom. The molecule has 0 spiro atoms. The molecule has 6 rings (SSSR count). The van der Waals surface area contributed by atoms with Gasteiger partial charge in [0.25, 0.3) is 5.91 Å². The number of amides is 1. The molecule has 204 valence electrons. The number of piperidine rings is 1. The quantitative estimate of drug-likeness (QED) is 0.607. The lowest BCUT2D eigenvalue weighted by Crippen LogP contribution is -2.46. The van der Waals surface area contributed by atoms with Crippen molar-refractivity contribution >= 4 is 11.6 Å². The highest BCUT2D eigenvalue weighted by Crippen LogP contribution is 2.32. The Hall–Kier alpha value is -2.61. The largest absolute Gasteiger partial charge is 0.490 e. The van der Waals surface area contributed by atoms with Gasteiger partial charge < -0.3 is 24.5 Å². The van der Waals surface area contributed by atoms with Crippen LogP contribution in [-0.4, -0.2) is 96.8 Å². The Labute approximate surface area is 227 Å². The molecular weight excluding hydrogens is 476 g/mol. The minimum absolute atomic E-state index is 0.00672. The predicted octanol–water partition coefficient (Wildman–Crippen LogP) is 3.39. The third-order valence-corrected chi connectivity index (χ3v) is 9.08. The molecule has 1 saturated carbocycles. The van der Waals surface area contributed by atoms with Crippen molar-refractivity contribution in [1.82, 2.24) is 14.7 Å². The number of carbonyl (C=O) groups is 1. The maximum absolute atomic E-state index is 13.5. The van der Waals surface area contributed by atoms with Crippen molar-refractivity contribution in [2.45, 2.75) is 63.3 Å². The number of rotatable bonds is 7. The van der Waals surface area contributed by atoms with Crippen LogP contribution in [0.3, 0.4) is 0 Å². The zero-order chi connectivity index (χ0) is 26.1. The second-order valence-electron chi connectivity index (χ2n) is 11.7. The van der Waals surface area contributed by atoms with Gasteiger partial charge in [-0.3, -0.25) is 9.69 Å². The Balaban J connectivity index is 1.06. The third-order valence-electron chi connectivity index (χ3n) is 9.08. The van der Waals surface area contributed by atoms with Gasteiger partial charge >= 0.3 is 0 Å². The van der Waals surface area contributed by atoms with E-state index in [9.17, 15) is 9.90 Å². The summed E-state index contributed by atoms with van der Waals surface area (Å²) in [5, 5.41) is 11.0. The molecule has 38 heavy (non-hydrogen) atoms. The molecular formula is C31H42N4O3. The maximum atomic E-state index is 13.5. The molecule has 0 aromatic heterocycles. The molecule has 1 atom stereocenters. The number of benzene rings is 2. The Morgan fingerprint density at radius 2 is 1.74 bits per heavy atom. The zero-order valence-corrected chi connectivity index (χ0v) is 22.7. The van der Waals surface area contributed by atoms with Gasteiger partial charge in [0.05, 0.1) is 17.4 Å². The number of carbonyl (C=O) groups excluding carboxylic acids is 1. The van der Waals surface area contributed by atoms with E-state index in [1.807, 2.05) is 30.1 Å². The maximum Gasteiger partial charge on any atom is 0.256 e. The highest BCUT2D eigenvalue weighted by Gasteiger charge is 2.31. The molecule has 1 N–H and O–H groups in total. The van der Waals surface area contributed by atoms with E-state index in [1.54, 1.807) is 0 Å². The van der Waals surface area contributed by atoms with Crippen LogP contribution in [-0.2, 0) is 13.0 Å². The molecule has 0 radical (unpaired) electrons. The molecule has 1 amide bonds. The number of likely N-dealkylation sites (tertiary alicyclic amines) is 1. The molecule has 0 bridgehead atoms. The van der Waals surface area contributed by atoms with E-state index in [2.05, 4.69) is 39.0 Å². The van der Waals surface area contributed by atoms with Crippen molar-refractivity contribution in [3.8, 4) is 5.75 Å². The third kappa shape index (κ3) is 5.56. The summed E-state index contributed by atoms with van der Waals surface area (Å²) in [6.45, 7) is 6.30. The summed E-state index contributed by atoms with van der Waals surface area (Å²) in [5.74, 6) is 0.845. The van der Waals surface area contributed by atoms with Crippen LogP contribution in [0.5, 0.6) is 5.75 Å². The monoisotopic (exact) mass is 518 g/mol. The van der Waals surface area contributed by atoms with Gasteiger partial charge in [-0.25, -0.2) is 0 Å². The summed E-state index contributed by atoms with van der Waals surface area (Å²) >= 11 is 0. The molecule has 2 aromatic rings. The summed E-state index contributed by atoms with van der Waals surface area (Å²) in [4.78, 5) is 22.4. The average molecular weight is 519 g/mol. The van der Waals surface area contributed by atoms with E-state index in [0.29, 0.717) is 25.2 Å². The van der Waals surface area contributed by atoms with Crippen molar-refractivity contribution in [1.29, 1.82) is 0 Å². The molecule has 2 aromatic carbocycles. The van der Waals surface area contributed by atoms with Crippen molar-refractivity contribution in [3.05, 3.63) is 59.2 Å². The van der Waals surface area contributed by atoms with Crippen LogP contribution in [0.25, 0.3) is 0 Å². The first-order valence-corrected chi connectivity index (χ1v) is 14.6. The van der Waals surface area contributed by atoms with E-state index < -0.39 is 6.10 Å². The number of β-amino-alcohol motifs (C(OH)–C–C–N with tert-alkyl or cyclic N) is 1. The van der Waals surface area contributed by atoms with Crippen molar-refractivity contribution in [2.24, 2.45) is 0 Å². The molecule has 1 saturated heterocycles. The number of hydrogen-bond donors (Lipinski definition) is 1. The standard InChI is InChI=1S/C31H42N4O3/c1-32-17-18-35(22-26(36)21-33-14-11-23-5-2-3-6-24(23)20-33)31(37)29-10-9-28(19-30(29)32)38-27-12-15-34(16-13-27)25-7-4-8-25/h2-3,5-6,9-10,19,25-27,36H,4,7-8,11-18,20-22H2,1H3/t26-/m1/s1. The Bertz CT molecular complexity index is 1130. The van der Waals surface area contributed by atoms with Crippen LogP contribution < -0.4 is 9.64 Å². The minimum atomic E-state index is -0.579. The van der Waals surface area contributed by atoms with Crippen LogP contribution in [0.4, 0.5) is 5.69 Å². The Morgan fingerprint density at radius 1 is 0.947 bits per heavy atom. The van der Waals surface area contributed by atoms with Gasteiger partial charge in [0.15, 0.2) is 0 Å². The number of likely N-dealkylation sites (N-methyl/N-ethyl adjacent to an activating group) is 1. The fourth-order valence-corrected chi connectivity index (χ4v) is 6.54. The van der Waals surface area contributed by atoms with Crippen molar-refractivity contribution in [3.63, 3.8) is 0 Å². The van der Waals surface area contributed by atoms with Gasteiger partial charge in [0.1, 0.15) is 11.9 Å². The first-order chi connectivity index (χ1) is 18.5. The van der Waals surface area contributed by atoms with Gasteiger partial charge in [-0.2, -0.15) is 0 Å². The summed E-state index contributed by atoms with van der Waals surface area (Å²) < 4.78 is 6.40. The predicted molar refractivity (Wildman–Crippen MR) is 150 cm³/mol. The average Bonchev–Trinajstić information content (AvgIpc) is 3.01. The highest BCUT2D eigenvalue weighted by atomic mass is 16.5. The lowest BCUT2D eigenvalue weighted by atomic mass is 9.90. The van der Waals surface area contributed by atoms with Crippen LogP contribution >= 0.6 is 0 Å². The van der Waals surface area contributed by atoms with E-state index in [-0.39, 0.29) is 12.0 Å². The smallest absolute Gasteiger partial charge is 0.256 e. The molecule has 3 aliphatic heterocycles. The van der Waals surface area contributed by atoms with E-state index in [0.717, 1.165) is 69.5 Å². The van der Waals surface area contributed by atoms with Crippen LogP contribution in [0, 0.1) is 0 Å². The summed E-state index contributed by atoms with van der Waals surface area (Å²) in [7, 11) is 2.04. The van der Waals surface area contributed by atoms with Gasteiger partial charge in [0, 0.05) is 71.5 Å².